The molecule has 2 heteroatoms. The van der Waals surface area contributed by atoms with Crippen LogP contribution in [0.1, 0.15) is 64.2 Å². The summed E-state index contributed by atoms with van der Waals surface area (Å²) < 4.78 is 0. The van der Waals surface area contributed by atoms with Gasteiger partial charge in [-0.2, -0.15) is 0 Å². The molecule has 2 nitrogen and oxygen atoms in total. The molecule has 0 radical (unpaired) electrons. The van der Waals surface area contributed by atoms with Crippen LogP contribution in [0.4, 0.5) is 0 Å². The van der Waals surface area contributed by atoms with Gasteiger partial charge in [0.25, 0.3) is 0 Å². The van der Waals surface area contributed by atoms with Crippen molar-refractivity contribution < 1.29 is 0 Å². The molecule has 1 aromatic heterocycles. The van der Waals surface area contributed by atoms with Crippen LogP contribution in [0.5, 0.6) is 0 Å². The van der Waals surface area contributed by atoms with Gasteiger partial charge in [0.15, 0.2) is 0 Å². The Labute approximate surface area is 170 Å². The van der Waals surface area contributed by atoms with Crippen molar-refractivity contribution in [1.82, 2.24) is 9.97 Å². The third-order valence-corrected chi connectivity index (χ3v) is 5.20. The molecule has 3 aromatic rings. The highest BCUT2D eigenvalue weighted by atomic mass is 14.9. The zero-order valence-electron chi connectivity index (χ0n) is 18.5. The molecule has 0 saturated heterocycles. The van der Waals surface area contributed by atoms with Crippen LogP contribution in [0.25, 0.3) is 22.4 Å². The fourth-order valence-corrected chi connectivity index (χ4v) is 3.57. The van der Waals surface area contributed by atoms with E-state index in [9.17, 15) is 0 Å². The third kappa shape index (κ3) is 4.16. The molecule has 0 fully saturated rings. The first-order valence-electron chi connectivity index (χ1n) is 10.0. The van der Waals surface area contributed by atoms with Gasteiger partial charge in [-0.05, 0) is 36.0 Å². The fraction of sp³-hybridized carbons (Fsp3) is 0.385. The lowest BCUT2D eigenvalue weighted by Gasteiger charge is -2.21. The minimum absolute atomic E-state index is 0.00342. The average molecular weight is 373 g/mol. The Balaban J connectivity index is 1.92. The summed E-state index contributed by atoms with van der Waals surface area (Å²) >= 11 is 0. The summed E-state index contributed by atoms with van der Waals surface area (Å²) in [5.74, 6) is 0. The number of hydrogen-bond acceptors (Lipinski definition) is 2. The first kappa shape index (κ1) is 20.3. The second-order valence-corrected chi connectivity index (χ2v) is 9.75. The van der Waals surface area contributed by atoms with Crippen molar-refractivity contribution >= 4 is 0 Å². The lowest BCUT2D eigenvalue weighted by molar-refractivity contribution is 0.558. The molecule has 146 valence electrons. The van der Waals surface area contributed by atoms with E-state index in [2.05, 4.69) is 104 Å². The first-order chi connectivity index (χ1) is 13.0. The van der Waals surface area contributed by atoms with Gasteiger partial charge in [0.1, 0.15) is 0 Å². The van der Waals surface area contributed by atoms with Crippen LogP contribution in [-0.4, -0.2) is 9.97 Å². The van der Waals surface area contributed by atoms with E-state index >= 15 is 0 Å². The number of nitrogens with zero attached hydrogens (tertiary/aromatic N) is 2. The van der Waals surface area contributed by atoms with Gasteiger partial charge in [-0.1, -0.05) is 90.1 Å². The molecule has 0 N–H and O–H groups in total. The van der Waals surface area contributed by atoms with Gasteiger partial charge in [0, 0.05) is 11.0 Å². The molecule has 0 bridgehead atoms. The maximum absolute atomic E-state index is 4.89. The summed E-state index contributed by atoms with van der Waals surface area (Å²) in [6.45, 7) is 17.4. The van der Waals surface area contributed by atoms with Crippen molar-refractivity contribution in [2.45, 2.75) is 66.2 Å². The summed E-state index contributed by atoms with van der Waals surface area (Å²) in [7, 11) is 0. The van der Waals surface area contributed by atoms with Gasteiger partial charge in [-0.3, -0.25) is 4.98 Å². The maximum atomic E-state index is 4.89. The maximum Gasteiger partial charge on any atom is 0.0917 e. The molecule has 0 saturated carbocycles. The summed E-state index contributed by atoms with van der Waals surface area (Å²) in [5.41, 5.74) is 9.15. The van der Waals surface area contributed by atoms with Crippen molar-refractivity contribution in [2.24, 2.45) is 0 Å². The van der Waals surface area contributed by atoms with Crippen molar-refractivity contribution in [2.75, 3.05) is 0 Å². The summed E-state index contributed by atoms with van der Waals surface area (Å²) in [5, 5.41) is 0. The largest absolute Gasteiger partial charge is 0.253 e. The van der Waals surface area contributed by atoms with Gasteiger partial charge in [-0.15, -0.1) is 0 Å². The van der Waals surface area contributed by atoms with Gasteiger partial charge in [0.2, 0.25) is 0 Å². The monoisotopic (exact) mass is 372 g/mol. The first-order valence-corrected chi connectivity index (χ1v) is 10.0. The van der Waals surface area contributed by atoms with E-state index < -0.39 is 0 Å². The molecule has 2 aromatic carbocycles. The average Bonchev–Trinajstić information content (AvgIpc) is 2.62. The molecule has 3 rings (SSSR count). The van der Waals surface area contributed by atoms with Crippen molar-refractivity contribution in [3.05, 3.63) is 71.2 Å². The predicted molar refractivity (Wildman–Crippen MR) is 120 cm³/mol. The molecular formula is C26H32N2. The fourth-order valence-electron chi connectivity index (χ4n) is 3.57. The molecule has 0 amide bonds. The van der Waals surface area contributed by atoms with Gasteiger partial charge in [-0.25, -0.2) is 4.98 Å². The third-order valence-electron chi connectivity index (χ3n) is 5.20. The van der Waals surface area contributed by atoms with E-state index in [0.29, 0.717) is 0 Å². The lowest BCUT2D eigenvalue weighted by Crippen LogP contribution is -2.17. The Morgan fingerprint density at radius 1 is 0.536 bits per heavy atom. The lowest BCUT2D eigenvalue weighted by atomic mass is 9.86. The van der Waals surface area contributed by atoms with Gasteiger partial charge >= 0.3 is 0 Å². The molecule has 0 spiro atoms. The Morgan fingerprint density at radius 2 is 1.00 bits per heavy atom. The normalized spacial score (nSPS) is 12.3. The standard InChI is InChI=1S/C26H32N2/c1-17-23(27-18(2)24(28-17)26(6,7)8)21-11-9-19(10-12-21)20-13-15-22(16-14-20)25(3,4)5/h9-16H,1-8H3. The predicted octanol–water partition coefficient (Wildman–Crippen LogP) is 7.02. The van der Waals surface area contributed by atoms with E-state index in [1.54, 1.807) is 0 Å². The number of hydrogen-bond donors (Lipinski definition) is 0. The van der Waals surface area contributed by atoms with Crippen LogP contribution in [-0.2, 0) is 10.8 Å². The second kappa shape index (κ2) is 7.16. The zero-order chi connectivity index (χ0) is 20.7. The van der Waals surface area contributed by atoms with Crippen LogP contribution < -0.4 is 0 Å². The summed E-state index contributed by atoms with van der Waals surface area (Å²) in [6.07, 6.45) is 0. The smallest absolute Gasteiger partial charge is 0.0917 e. The Kier molecular flexibility index (Phi) is 5.18. The van der Waals surface area contributed by atoms with E-state index in [-0.39, 0.29) is 10.8 Å². The van der Waals surface area contributed by atoms with Crippen molar-refractivity contribution in [3.63, 3.8) is 0 Å². The van der Waals surface area contributed by atoms with E-state index in [0.717, 1.165) is 28.3 Å². The molecule has 0 aliphatic rings. The zero-order valence-corrected chi connectivity index (χ0v) is 18.5. The number of rotatable bonds is 2. The Morgan fingerprint density at radius 3 is 1.46 bits per heavy atom. The quantitative estimate of drug-likeness (QED) is 0.483. The van der Waals surface area contributed by atoms with Gasteiger partial charge < -0.3 is 0 Å². The summed E-state index contributed by atoms with van der Waals surface area (Å²) in [4.78, 5) is 9.76. The Bertz CT molecular complexity index is 967. The van der Waals surface area contributed by atoms with Crippen LogP contribution in [0.15, 0.2) is 48.5 Å². The Hall–Kier alpha value is -2.48. The van der Waals surface area contributed by atoms with Crippen LogP contribution in [0.3, 0.4) is 0 Å². The van der Waals surface area contributed by atoms with Gasteiger partial charge in [0.05, 0.1) is 22.8 Å². The number of aryl methyl sites for hydroxylation is 2. The SMILES string of the molecule is Cc1nc(C(C)(C)C)c(C)nc1-c1ccc(-c2ccc(C(C)(C)C)cc2)cc1. The minimum Gasteiger partial charge on any atom is -0.253 e. The van der Waals surface area contributed by atoms with E-state index in [1.807, 2.05) is 0 Å². The van der Waals surface area contributed by atoms with Crippen LogP contribution in [0, 0.1) is 13.8 Å². The minimum atomic E-state index is 0.00342. The molecular weight excluding hydrogens is 340 g/mol. The van der Waals surface area contributed by atoms with Crippen LogP contribution >= 0.6 is 0 Å². The number of aromatic nitrogens is 2. The van der Waals surface area contributed by atoms with E-state index in [1.165, 1.54) is 16.7 Å². The molecule has 0 aliphatic heterocycles. The van der Waals surface area contributed by atoms with Crippen LogP contribution in [0.2, 0.25) is 0 Å². The highest BCUT2D eigenvalue weighted by molar-refractivity contribution is 5.70. The highest BCUT2D eigenvalue weighted by Gasteiger charge is 2.21. The van der Waals surface area contributed by atoms with E-state index in [4.69, 9.17) is 9.97 Å². The molecule has 0 aliphatic carbocycles. The number of benzene rings is 2. The molecule has 0 atom stereocenters. The topological polar surface area (TPSA) is 25.8 Å². The highest BCUT2D eigenvalue weighted by Crippen LogP contribution is 2.30. The molecule has 0 unspecified atom stereocenters. The van der Waals surface area contributed by atoms with Crippen molar-refractivity contribution in [1.29, 1.82) is 0 Å². The second-order valence-electron chi connectivity index (χ2n) is 9.75. The molecule has 28 heavy (non-hydrogen) atoms. The molecule has 1 heterocycles. The van der Waals surface area contributed by atoms with Crippen molar-refractivity contribution in [3.8, 4) is 22.4 Å². The summed E-state index contributed by atoms with van der Waals surface area (Å²) in [6, 6.07) is 17.5.